The fourth-order valence-electron chi connectivity index (χ4n) is 1.63. The molecule has 0 heterocycles. The highest BCUT2D eigenvalue weighted by molar-refractivity contribution is 4.47. The fraction of sp³-hybridized carbons (Fsp3) is 1.00. The Morgan fingerprint density at radius 1 is 0.765 bits per heavy atom. The van der Waals surface area contributed by atoms with Crippen LogP contribution in [0.25, 0.3) is 0 Å². The molecule has 106 valence electrons. The topological polar surface area (TPSA) is 49.5 Å². The average molecular weight is 246 g/mol. The second-order valence-corrected chi connectivity index (χ2v) is 4.82. The number of hydrogen-bond donors (Lipinski definition) is 2. The van der Waals surface area contributed by atoms with E-state index >= 15 is 0 Å². The molecule has 17 heavy (non-hydrogen) atoms. The van der Waals surface area contributed by atoms with Gasteiger partial charge in [-0.1, -0.05) is 64.7 Å². The van der Waals surface area contributed by atoms with Crippen LogP contribution in [0.4, 0.5) is 0 Å². The Morgan fingerprint density at radius 3 is 1.35 bits per heavy atom. The molecule has 0 aromatic rings. The molecule has 0 atom stereocenters. The van der Waals surface area contributed by atoms with Crippen LogP contribution in [0.2, 0.25) is 0 Å². The molecule has 0 aliphatic heterocycles. The van der Waals surface area contributed by atoms with E-state index in [-0.39, 0.29) is 0 Å². The molecule has 0 saturated heterocycles. The van der Waals surface area contributed by atoms with Crippen LogP contribution in [0.15, 0.2) is 0 Å². The van der Waals surface area contributed by atoms with Crippen molar-refractivity contribution in [2.24, 2.45) is 5.73 Å². The molecule has 3 heteroatoms. The van der Waals surface area contributed by atoms with Gasteiger partial charge in [0.15, 0.2) is 0 Å². The van der Waals surface area contributed by atoms with Crippen molar-refractivity contribution >= 4 is 0 Å². The molecule has 0 unspecified atom stereocenters. The smallest absolute Gasteiger partial charge is 0.0121 e. The number of rotatable bonds is 10. The van der Waals surface area contributed by atoms with Crippen molar-refractivity contribution in [1.29, 1.82) is 0 Å². The molecule has 0 radical (unpaired) electrons. The lowest BCUT2D eigenvalue weighted by Crippen LogP contribution is -2.01. The van der Waals surface area contributed by atoms with Crippen molar-refractivity contribution in [2.45, 2.75) is 71.1 Å². The molecular weight excluding hydrogens is 212 g/mol. The standard InChI is InChI=1S/C12H27N.C2H7NO/c1-2-3-4-5-6-7-8-9-10-11-12-13;1-3(2)4/h2-13H2,1H3;4H,1-2H3. The predicted molar refractivity (Wildman–Crippen MR) is 76.4 cm³/mol. The highest BCUT2D eigenvalue weighted by Crippen LogP contribution is 2.09. The molecule has 0 aromatic carbocycles. The molecule has 0 fully saturated rings. The van der Waals surface area contributed by atoms with Crippen LogP contribution >= 0.6 is 0 Å². The van der Waals surface area contributed by atoms with Crippen LogP contribution in [0.5, 0.6) is 0 Å². The number of hydrogen-bond acceptors (Lipinski definition) is 3. The lowest BCUT2D eigenvalue weighted by molar-refractivity contribution is -0.0372. The molecule has 0 bridgehead atoms. The van der Waals surface area contributed by atoms with Gasteiger partial charge >= 0.3 is 0 Å². The van der Waals surface area contributed by atoms with Crippen molar-refractivity contribution in [1.82, 2.24) is 5.06 Å². The van der Waals surface area contributed by atoms with Gasteiger partial charge in [-0.2, -0.15) is 5.06 Å². The first-order valence-electron chi connectivity index (χ1n) is 7.21. The quantitative estimate of drug-likeness (QED) is 0.455. The van der Waals surface area contributed by atoms with Gasteiger partial charge in [0.05, 0.1) is 0 Å². The Bertz CT molecular complexity index is 106. The van der Waals surface area contributed by atoms with E-state index in [1.165, 1.54) is 64.2 Å². The lowest BCUT2D eigenvalue weighted by atomic mass is 10.1. The van der Waals surface area contributed by atoms with E-state index in [2.05, 4.69) is 6.92 Å². The largest absolute Gasteiger partial charge is 0.330 e. The maximum absolute atomic E-state index is 7.89. The first-order chi connectivity index (χ1) is 8.15. The summed E-state index contributed by atoms with van der Waals surface area (Å²) in [7, 11) is 3.11. The van der Waals surface area contributed by atoms with E-state index in [9.17, 15) is 0 Å². The molecule has 3 N–H and O–H groups in total. The van der Waals surface area contributed by atoms with E-state index in [0.29, 0.717) is 0 Å². The van der Waals surface area contributed by atoms with Gasteiger partial charge < -0.3 is 10.9 Å². The molecule has 0 saturated carbocycles. The monoisotopic (exact) mass is 246 g/mol. The van der Waals surface area contributed by atoms with Gasteiger partial charge in [-0.3, -0.25) is 0 Å². The lowest BCUT2D eigenvalue weighted by Gasteiger charge is -2.00. The third kappa shape index (κ3) is 31.3. The van der Waals surface area contributed by atoms with Gasteiger partial charge in [-0.05, 0) is 13.0 Å². The van der Waals surface area contributed by atoms with Gasteiger partial charge in [0, 0.05) is 14.1 Å². The molecular formula is C14H34N2O. The van der Waals surface area contributed by atoms with Crippen molar-refractivity contribution in [3.05, 3.63) is 0 Å². The van der Waals surface area contributed by atoms with Crippen molar-refractivity contribution in [3.8, 4) is 0 Å². The highest BCUT2D eigenvalue weighted by Gasteiger charge is 1.91. The van der Waals surface area contributed by atoms with E-state index < -0.39 is 0 Å². The van der Waals surface area contributed by atoms with Crippen molar-refractivity contribution in [2.75, 3.05) is 20.6 Å². The maximum atomic E-state index is 7.89. The SMILES string of the molecule is CCCCCCCCCCCCN.CN(C)O. The average Bonchev–Trinajstić information content (AvgIpc) is 2.26. The summed E-state index contributed by atoms with van der Waals surface area (Å²) in [5.74, 6) is 0. The summed E-state index contributed by atoms with van der Waals surface area (Å²) < 4.78 is 0. The minimum absolute atomic E-state index is 0.872. The number of hydroxylamine groups is 2. The van der Waals surface area contributed by atoms with Crippen molar-refractivity contribution in [3.63, 3.8) is 0 Å². The first-order valence-corrected chi connectivity index (χ1v) is 7.21. The van der Waals surface area contributed by atoms with Crippen molar-refractivity contribution < 1.29 is 5.21 Å². The van der Waals surface area contributed by atoms with Crippen LogP contribution in [0, 0.1) is 0 Å². The number of nitrogens with zero attached hydrogens (tertiary/aromatic N) is 1. The summed E-state index contributed by atoms with van der Waals surface area (Å²) in [6, 6.07) is 0. The Hall–Kier alpha value is -0.120. The van der Waals surface area contributed by atoms with Gasteiger partial charge in [-0.15, -0.1) is 0 Å². The summed E-state index contributed by atoms with van der Waals surface area (Å²) in [6.07, 6.45) is 13.9. The van der Waals surface area contributed by atoms with Gasteiger partial charge in [-0.25, -0.2) is 0 Å². The zero-order valence-electron chi connectivity index (χ0n) is 12.2. The Kier molecular flexibility index (Phi) is 20.6. The second-order valence-electron chi connectivity index (χ2n) is 4.82. The summed E-state index contributed by atoms with van der Waals surface area (Å²) in [5, 5.41) is 8.89. The minimum Gasteiger partial charge on any atom is -0.330 e. The van der Waals surface area contributed by atoms with Crippen LogP contribution in [0.1, 0.15) is 71.1 Å². The van der Waals surface area contributed by atoms with E-state index in [4.69, 9.17) is 10.9 Å². The highest BCUT2D eigenvalue weighted by atomic mass is 16.5. The van der Waals surface area contributed by atoms with E-state index in [0.717, 1.165) is 11.6 Å². The van der Waals surface area contributed by atoms with E-state index in [1.807, 2.05) is 0 Å². The summed E-state index contributed by atoms with van der Waals surface area (Å²) in [4.78, 5) is 0. The minimum atomic E-state index is 0.872. The molecule has 0 aliphatic rings. The molecule has 0 rings (SSSR count). The Balaban J connectivity index is 0. The number of unbranched alkanes of at least 4 members (excludes halogenated alkanes) is 9. The first kappa shape index (κ1) is 19.2. The normalized spacial score (nSPS) is 10.2. The molecule has 0 aromatic heterocycles. The summed E-state index contributed by atoms with van der Waals surface area (Å²) >= 11 is 0. The number of nitrogens with two attached hydrogens (primary N) is 1. The second kappa shape index (κ2) is 18.3. The molecule has 0 aliphatic carbocycles. The Morgan fingerprint density at radius 2 is 1.06 bits per heavy atom. The molecule has 0 spiro atoms. The van der Waals surface area contributed by atoms with Crippen LogP contribution in [-0.4, -0.2) is 30.9 Å². The van der Waals surface area contributed by atoms with E-state index in [1.54, 1.807) is 14.1 Å². The van der Waals surface area contributed by atoms with Gasteiger partial charge in [0.1, 0.15) is 0 Å². The summed E-state index contributed by atoms with van der Waals surface area (Å²) in [6.45, 7) is 3.14. The summed E-state index contributed by atoms with van der Waals surface area (Å²) in [5.41, 5.74) is 5.42. The molecule has 3 nitrogen and oxygen atoms in total. The maximum Gasteiger partial charge on any atom is 0.0121 e. The fourth-order valence-corrected chi connectivity index (χ4v) is 1.63. The Labute approximate surface area is 108 Å². The van der Waals surface area contributed by atoms with Gasteiger partial charge in [0.2, 0.25) is 0 Å². The van der Waals surface area contributed by atoms with Crippen LogP contribution < -0.4 is 5.73 Å². The predicted octanol–water partition coefficient (Wildman–Crippen LogP) is 3.80. The molecule has 0 amide bonds. The third-order valence-corrected chi connectivity index (χ3v) is 2.56. The zero-order chi connectivity index (χ0) is 13.4. The zero-order valence-corrected chi connectivity index (χ0v) is 12.2. The van der Waals surface area contributed by atoms with Crippen LogP contribution in [-0.2, 0) is 0 Å². The third-order valence-electron chi connectivity index (χ3n) is 2.56. The van der Waals surface area contributed by atoms with Gasteiger partial charge in [0.25, 0.3) is 0 Å². The van der Waals surface area contributed by atoms with Crippen LogP contribution in [0.3, 0.4) is 0 Å².